The van der Waals surface area contributed by atoms with Crippen LogP contribution in [0.25, 0.3) is 0 Å². The van der Waals surface area contributed by atoms with Gasteiger partial charge in [-0.15, -0.1) is 0 Å². The molecule has 1 aromatic carbocycles. The number of hydrogen-bond acceptors (Lipinski definition) is 4. The van der Waals surface area contributed by atoms with Gasteiger partial charge in [-0.1, -0.05) is 12.1 Å². The molecule has 0 aliphatic carbocycles. The number of benzene rings is 1. The molecule has 0 saturated carbocycles. The van der Waals surface area contributed by atoms with Crippen molar-refractivity contribution in [1.82, 2.24) is 15.5 Å². The lowest BCUT2D eigenvalue weighted by Crippen LogP contribution is -2.44. The second-order valence-electron chi connectivity index (χ2n) is 5.38. The quantitative estimate of drug-likeness (QED) is 0.726. The molecule has 23 heavy (non-hydrogen) atoms. The molecule has 0 atom stereocenters. The normalized spacial score (nSPS) is 10.5. The molecule has 0 heterocycles. The zero-order valence-corrected chi connectivity index (χ0v) is 13.4. The zero-order valence-electron chi connectivity index (χ0n) is 13.4. The molecule has 3 N–H and O–H groups in total. The van der Waals surface area contributed by atoms with Crippen molar-refractivity contribution in [1.29, 1.82) is 0 Å². The summed E-state index contributed by atoms with van der Waals surface area (Å²) in [6.45, 7) is 3.55. The monoisotopic (exact) mass is 324 g/mol. The Bertz CT molecular complexity index is 578. The molecule has 0 fully saturated rings. The van der Waals surface area contributed by atoms with Gasteiger partial charge in [0.05, 0.1) is 18.8 Å². The lowest BCUT2D eigenvalue weighted by molar-refractivity contribution is -0.124. The van der Waals surface area contributed by atoms with E-state index in [0.29, 0.717) is 0 Å². The summed E-state index contributed by atoms with van der Waals surface area (Å²) in [5.41, 5.74) is -0.0255. The molecule has 0 unspecified atom stereocenters. The first kappa shape index (κ1) is 18.6. The van der Waals surface area contributed by atoms with Crippen molar-refractivity contribution in [3.05, 3.63) is 30.1 Å². The summed E-state index contributed by atoms with van der Waals surface area (Å²) in [7, 11) is 1.58. The molecule has 0 aliphatic rings. The standard InChI is InChI=1S/C15H21FN4O3/c1-10(2)17-13(21)8-20(3)9-14(22)19-15(23)18-12-7-5-4-6-11(12)16/h4-7,10H,8-9H2,1-3H3,(H,17,21)(H2,18,19,22,23). The molecule has 0 saturated heterocycles. The van der Waals surface area contributed by atoms with Crippen LogP contribution in [0.4, 0.5) is 14.9 Å². The summed E-state index contributed by atoms with van der Waals surface area (Å²) < 4.78 is 13.4. The highest BCUT2D eigenvalue weighted by Crippen LogP contribution is 2.11. The SMILES string of the molecule is CC(C)NC(=O)CN(C)CC(=O)NC(=O)Nc1ccccc1F. The molecular formula is C15H21FN4O3. The summed E-state index contributed by atoms with van der Waals surface area (Å²) in [5.74, 6) is -1.41. The first-order valence-corrected chi connectivity index (χ1v) is 7.11. The molecule has 126 valence electrons. The second-order valence-corrected chi connectivity index (χ2v) is 5.38. The molecule has 1 aromatic rings. The van der Waals surface area contributed by atoms with E-state index in [4.69, 9.17) is 0 Å². The first-order chi connectivity index (χ1) is 10.8. The van der Waals surface area contributed by atoms with Crippen LogP contribution in [0.2, 0.25) is 0 Å². The number of imide groups is 1. The summed E-state index contributed by atoms with van der Waals surface area (Å²) in [6.07, 6.45) is 0. The number of amides is 4. The van der Waals surface area contributed by atoms with Gasteiger partial charge in [0.15, 0.2) is 0 Å². The number of likely N-dealkylation sites (N-methyl/N-ethyl adjacent to an activating group) is 1. The molecule has 1 rings (SSSR count). The molecule has 0 bridgehead atoms. The van der Waals surface area contributed by atoms with E-state index in [0.717, 1.165) is 0 Å². The molecule has 0 aliphatic heterocycles. The third kappa shape index (κ3) is 7.37. The van der Waals surface area contributed by atoms with E-state index in [1.54, 1.807) is 13.1 Å². The van der Waals surface area contributed by atoms with Crippen LogP contribution in [-0.2, 0) is 9.59 Å². The van der Waals surface area contributed by atoms with Crippen molar-refractivity contribution in [3.8, 4) is 0 Å². The van der Waals surface area contributed by atoms with E-state index >= 15 is 0 Å². The van der Waals surface area contributed by atoms with Crippen LogP contribution in [0.15, 0.2) is 24.3 Å². The maximum atomic E-state index is 13.4. The van der Waals surface area contributed by atoms with Crippen molar-refractivity contribution in [2.75, 3.05) is 25.5 Å². The molecule has 0 spiro atoms. The van der Waals surface area contributed by atoms with Gasteiger partial charge in [0.2, 0.25) is 11.8 Å². The Morgan fingerprint density at radius 1 is 1.13 bits per heavy atom. The Labute approximate surface area is 134 Å². The Morgan fingerprint density at radius 3 is 2.35 bits per heavy atom. The maximum absolute atomic E-state index is 13.4. The van der Waals surface area contributed by atoms with E-state index in [1.165, 1.54) is 23.1 Å². The van der Waals surface area contributed by atoms with Crippen LogP contribution in [-0.4, -0.2) is 48.9 Å². The number of nitrogens with zero attached hydrogens (tertiary/aromatic N) is 1. The largest absolute Gasteiger partial charge is 0.353 e. The van der Waals surface area contributed by atoms with Gasteiger partial charge < -0.3 is 10.6 Å². The van der Waals surface area contributed by atoms with Crippen molar-refractivity contribution in [3.63, 3.8) is 0 Å². The van der Waals surface area contributed by atoms with Crippen LogP contribution < -0.4 is 16.0 Å². The number of halogens is 1. The topological polar surface area (TPSA) is 90.5 Å². The van der Waals surface area contributed by atoms with Gasteiger partial charge in [0.25, 0.3) is 0 Å². The van der Waals surface area contributed by atoms with Crippen molar-refractivity contribution < 1.29 is 18.8 Å². The second kappa shape index (κ2) is 8.84. The number of carbonyl (C=O) groups is 3. The highest BCUT2D eigenvalue weighted by molar-refractivity contribution is 6.01. The fourth-order valence-corrected chi connectivity index (χ4v) is 1.80. The highest BCUT2D eigenvalue weighted by atomic mass is 19.1. The average Bonchev–Trinajstić information content (AvgIpc) is 2.39. The van der Waals surface area contributed by atoms with Gasteiger partial charge in [0.1, 0.15) is 5.82 Å². The van der Waals surface area contributed by atoms with Gasteiger partial charge in [-0.25, -0.2) is 9.18 Å². The summed E-state index contributed by atoms with van der Waals surface area (Å²) in [4.78, 5) is 36.3. The van der Waals surface area contributed by atoms with E-state index in [2.05, 4.69) is 16.0 Å². The number of rotatable bonds is 6. The van der Waals surface area contributed by atoms with E-state index in [-0.39, 0.29) is 30.7 Å². The highest BCUT2D eigenvalue weighted by Gasteiger charge is 2.14. The Morgan fingerprint density at radius 2 is 1.74 bits per heavy atom. The van der Waals surface area contributed by atoms with Crippen LogP contribution in [0, 0.1) is 5.82 Å². The minimum atomic E-state index is -0.833. The van der Waals surface area contributed by atoms with Gasteiger partial charge in [-0.05, 0) is 33.0 Å². The lowest BCUT2D eigenvalue weighted by Gasteiger charge is -2.17. The number of carbonyl (C=O) groups excluding carboxylic acids is 3. The van der Waals surface area contributed by atoms with Crippen LogP contribution in [0.3, 0.4) is 0 Å². The minimum absolute atomic E-state index is 0.0104. The number of para-hydroxylation sites is 1. The van der Waals surface area contributed by atoms with Crippen LogP contribution in [0.1, 0.15) is 13.8 Å². The smallest absolute Gasteiger partial charge is 0.326 e. The molecule has 8 heteroatoms. The molecule has 7 nitrogen and oxygen atoms in total. The third-order valence-corrected chi connectivity index (χ3v) is 2.65. The van der Waals surface area contributed by atoms with Crippen molar-refractivity contribution in [2.24, 2.45) is 0 Å². The predicted molar refractivity (Wildman–Crippen MR) is 84.3 cm³/mol. The summed E-state index contributed by atoms with van der Waals surface area (Å²) in [6, 6.07) is 4.79. The number of anilines is 1. The van der Waals surface area contributed by atoms with Gasteiger partial charge >= 0.3 is 6.03 Å². The van der Waals surface area contributed by atoms with Crippen LogP contribution >= 0.6 is 0 Å². The molecule has 0 aromatic heterocycles. The number of hydrogen-bond donors (Lipinski definition) is 3. The average molecular weight is 324 g/mol. The van der Waals surface area contributed by atoms with Gasteiger partial charge in [-0.2, -0.15) is 0 Å². The summed E-state index contributed by atoms with van der Waals surface area (Å²) >= 11 is 0. The third-order valence-electron chi connectivity index (χ3n) is 2.65. The fourth-order valence-electron chi connectivity index (χ4n) is 1.80. The van der Waals surface area contributed by atoms with Gasteiger partial charge in [0, 0.05) is 6.04 Å². The Hall–Kier alpha value is -2.48. The fraction of sp³-hybridized carbons (Fsp3) is 0.400. The Kier molecular flexibility index (Phi) is 7.14. The van der Waals surface area contributed by atoms with E-state index in [1.807, 2.05) is 13.8 Å². The molecular weight excluding hydrogens is 303 g/mol. The van der Waals surface area contributed by atoms with E-state index < -0.39 is 17.8 Å². The van der Waals surface area contributed by atoms with Crippen molar-refractivity contribution in [2.45, 2.75) is 19.9 Å². The molecule has 4 amide bonds. The first-order valence-electron chi connectivity index (χ1n) is 7.11. The maximum Gasteiger partial charge on any atom is 0.326 e. The number of nitrogens with one attached hydrogen (secondary N) is 3. The zero-order chi connectivity index (χ0) is 17.4. The number of urea groups is 1. The summed E-state index contributed by atoms with van der Waals surface area (Å²) in [5, 5.41) is 7.00. The van der Waals surface area contributed by atoms with E-state index in [9.17, 15) is 18.8 Å². The Balaban J connectivity index is 2.39. The predicted octanol–water partition coefficient (Wildman–Crippen LogP) is 0.930. The molecule has 0 radical (unpaired) electrons. The van der Waals surface area contributed by atoms with Crippen molar-refractivity contribution >= 4 is 23.5 Å². The van der Waals surface area contributed by atoms with Gasteiger partial charge in [-0.3, -0.25) is 19.8 Å². The lowest BCUT2D eigenvalue weighted by atomic mass is 10.3. The minimum Gasteiger partial charge on any atom is -0.353 e. The van der Waals surface area contributed by atoms with Crippen LogP contribution in [0.5, 0.6) is 0 Å².